The number of aryl methyl sites for hydroxylation is 2. The van der Waals surface area contributed by atoms with E-state index in [1.807, 2.05) is 50.2 Å². The summed E-state index contributed by atoms with van der Waals surface area (Å²) in [6.07, 6.45) is 0.349. The van der Waals surface area contributed by atoms with Crippen molar-refractivity contribution in [1.29, 1.82) is 0 Å². The second-order valence-corrected chi connectivity index (χ2v) is 6.19. The minimum atomic E-state index is -0.00950. The molecule has 0 fully saturated rings. The molecule has 0 heterocycles. The SMILES string of the molecule is Cc1ccc(OCCC(=O)NCc2cccc(Br)c2)c(C)c1. The van der Waals surface area contributed by atoms with E-state index in [4.69, 9.17) is 4.74 Å². The Balaban J connectivity index is 1.74. The maximum Gasteiger partial charge on any atom is 0.223 e. The van der Waals surface area contributed by atoms with Crippen molar-refractivity contribution < 1.29 is 9.53 Å². The first kappa shape index (κ1) is 16.6. The van der Waals surface area contributed by atoms with E-state index < -0.39 is 0 Å². The standard InChI is InChI=1S/C18H20BrNO2/c1-13-6-7-17(14(2)10-13)22-9-8-18(21)20-12-15-4-3-5-16(19)11-15/h3-7,10-11H,8-9,12H2,1-2H3,(H,20,21). The minimum Gasteiger partial charge on any atom is -0.493 e. The average molecular weight is 362 g/mol. The van der Waals surface area contributed by atoms with Gasteiger partial charge in [-0.1, -0.05) is 45.8 Å². The molecule has 0 bridgehead atoms. The largest absolute Gasteiger partial charge is 0.493 e. The second kappa shape index (κ2) is 7.99. The van der Waals surface area contributed by atoms with E-state index in [1.165, 1.54) is 5.56 Å². The number of ether oxygens (including phenoxy) is 1. The summed E-state index contributed by atoms with van der Waals surface area (Å²) in [5.74, 6) is 0.829. The molecular weight excluding hydrogens is 342 g/mol. The van der Waals surface area contributed by atoms with Crippen molar-refractivity contribution in [3.8, 4) is 5.75 Å². The van der Waals surface area contributed by atoms with Crippen molar-refractivity contribution in [2.24, 2.45) is 0 Å². The maximum absolute atomic E-state index is 11.8. The molecule has 0 aromatic heterocycles. The summed E-state index contributed by atoms with van der Waals surface area (Å²) >= 11 is 3.42. The fourth-order valence-corrected chi connectivity index (χ4v) is 2.60. The monoisotopic (exact) mass is 361 g/mol. The molecule has 1 amide bonds. The molecule has 2 aromatic rings. The Morgan fingerprint density at radius 1 is 1.18 bits per heavy atom. The zero-order valence-electron chi connectivity index (χ0n) is 12.9. The van der Waals surface area contributed by atoms with Crippen LogP contribution in [0.3, 0.4) is 0 Å². The molecule has 116 valence electrons. The van der Waals surface area contributed by atoms with Gasteiger partial charge in [-0.2, -0.15) is 0 Å². The first-order chi connectivity index (χ1) is 10.5. The van der Waals surface area contributed by atoms with Crippen LogP contribution in [0.1, 0.15) is 23.1 Å². The molecule has 22 heavy (non-hydrogen) atoms. The number of rotatable bonds is 6. The predicted octanol–water partition coefficient (Wildman–Crippen LogP) is 4.15. The van der Waals surface area contributed by atoms with E-state index >= 15 is 0 Å². The topological polar surface area (TPSA) is 38.3 Å². The Morgan fingerprint density at radius 2 is 2.00 bits per heavy atom. The lowest BCUT2D eigenvalue weighted by molar-refractivity contribution is -0.121. The van der Waals surface area contributed by atoms with Crippen LogP contribution in [-0.4, -0.2) is 12.5 Å². The summed E-state index contributed by atoms with van der Waals surface area (Å²) in [5, 5.41) is 2.90. The third-order valence-corrected chi connectivity index (χ3v) is 3.79. The van der Waals surface area contributed by atoms with E-state index in [0.717, 1.165) is 21.3 Å². The summed E-state index contributed by atoms with van der Waals surface area (Å²) in [6, 6.07) is 13.9. The quantitative estimate of drug-likeness (QED) is 0.838. The highest BCUT2D eigenvalue weighted by Gasteiger charge is 2.04. The Bertz CT molecular complexity index is 655. The van der Waals surface area contributed by atoms with Crippen LogP contribution in [0.4, 0.5) is 0 Å². The van der Waals surface area contributed by atoms with Crippen LogP contribution in [-0.2, 0) is 11.3 Å². The average Bonchev–Trinajstić information content (AvgIpc) is 2.47. The van der Waals surface area contributed by atoms with E-state index in [9.17, 15) is 4.79 Å². The van der Waals surface area contributed by atoms with Crippen molar-refractivity contribution in [3.05, 3.63) is 63.6 Å². The van der Waals surface area contributed by atoms with Gasteiger partial charge in [-0.3, -0.25) is 4.79 Å². The third-order valence-electron chi connectivity index (χ3n) is 3.30. The number of carbonyl (C=O) groups excluding carboxylic acids is 1. The smallest absolute Gasteiger partial charge is 0.223 e. The van der Waals surface area contributed by atoms with Gasteiger partial charge in [0, 0.05) is 11.0 Å². The van der Waals surface area contributed by atoms with Gasteiger partial charge >= 0.3 is 0 Å². The fourth-order valence-electron chi connectivity index (χ4n) is 2.15. The van der Waals surface area contributed by atoms with Gasteiger partial charge in [0.15, 0.2) is 0 Å². The first-order valence-electron chi connectivity index (χ1n) is 7.26. The second-order valence-electron chi connectivity index (χ2n) is 5.27. The molecule has 4 heteroatoms. The van der Waals surface area contributed by atoms with Gasteiger partial charge in [-0.25, -0.2) is 0 Å². The first-order valence-corrected chi connectivity index (χ1v) is 8.05. The van der Waals surface area contributed by atoms with Crippen LogP contribution >= 0.6 is 15.9 Å². The van der Waals surface area contributed by atoms with Crippen molar-refractivity contribution in [2.45, 2.75) is 26.8 Å². The Morgan fingerprint density at radius 3 is 2.73 bits per heavy atom. The molecule has 3 nitrogen and oxygen atoms in total. The number of halogens is 1. The molecule has 0 aliphatic carbocycles. The number of carbonyl (C=O) groups is 1. The van der Waals surface area contributed by atoms with Crippen molar-refractivity contribution in [3.63, 3.8) is 0 Å². The molecule has 0 aliphatic rings. The molecule has 0 spiro atoms. The van der Waals surface area contributed by atoms with Crippen molar-refractivity contribution >= 4 is 21.8 Å². The van der Waals surface area contributed by atoms with E-state index in [2.05, 4.69) is 27.3 Å². The minimum absolute atomic E-state index is 0.00950. The molecule has 0 radical (unpaired) electrons. The van der Waals surface area contributed by atoms with E-state index in [0.29, 0.717) is 19.6 Å². The molecule has 2 aromatic carbocycles. The fraction of sp³-hybridized carbons (Fsp3) is 0.278. The van der Waals surface area contributed by atoms with Crippen molar-refractivity contribution in [2.75, 3.05) is 6.61 Å². The van der Waals surface area contributed by atoms with Gasteiger partial charge in [0.05, 0.1) is 13.0 Å². The van der Waals surface area contributed by atoms with Crippen LogP contribution in [0, 0.1) is 13.8 Å². The van der Waals surface area contributed by atoms with Crippen LogP contribution < -0.4 is 10.1 Å². The molecule has 0 saturated heterocycles. The molecule has 0 aliphatic heterocycles. The van der Waals surface area contributed by atoms with Gasteiger partial charge < -0.3 is 10.1 Å². The van der Waals surface area contributed by atoms with Gasteiger partial charge in [-0.05, 0) is 43.2 Å². The van der Waals surface area contributed by atoms with Gasteiger partial charge in [-0.15, -0.1) is 0 Å². The van der Waals surface area contributed by atoms with Crippen LogP contribution in [0.25, 0.3) is 0 Å². The van der Waals surface area contributed by atoms with Gasteiger partial charge in [0.1, 0.15) is 5.75 Å². The lowest BCUT2D eigenvalue weighted by atomic mass is 10.1. The van der Waals surface area contributed by atoms with Crippen LogP contribution in [0.2, 0.25) is 0 Å². The molecule has 0 saturated carbocycles. The zero-order valence-corrected chi connectivity index (χ0v) is 14.4. The van der Waals surface area contributed by atoms with Gasteiger partial charge in [0.2, 0.25) is 5.91 Å². The Hall–Kier alpha value is -1.81. The van der Waals surface area contributed by atoms with Crippen LogP contribution in [0.5, 0.6) is 5.75 Å². The third kappa shape index (κ3) is 5.19. The normalized spacial score (nSPS) is 10.3. The number of amides is 1. The zero-order chi connectivity index (χ0) is 15.9. The molecule has 0 unspecified atom stereocenters. The number of nitrogens with one attached hydrogen (secondary N) is 1. The maximum atomic E-state index is 11.8. The highest BCUT2D eigenvalue weighted by Crippen LogP contribution is 2.18. The predicted molar refractivity (Wildman–Crippen MR) is 92.0 cm³/mol. The Labute approximate surface area is 139 Å². The van der Waals surface area contributed by atoms with Gasteiger partial charge in [0.25, 0.3) is 0 Å². The van der Waals surface area contributed by atoms with E-state index in [-0.39, 0.29) is 5.91 Å². The summed E-state index contributed by atoms with van der Waals surface area (Å²) in [5.41, 5.74) is 3.36. The van der Waals surface area contributed by atoms with Crippen molar-refractivity contribution in [1.82, 2.24) is 5.32 Å². The Kier molecular flexibility index (Phi) is 6.01. The molecular formula is C18H20BrNO2. The lowest BCUT2D eigenvalue weighted by Crippen LogP contribution is -2.24. The summed E-state index contributed by atoms with van der Waals surface area (Å²) in [4.78, 5) is 11.8. The highest BCUT2D eigenvalue weighted by molar-refractivity contribution is 9.10. The highest BCUT2D eigenvalue weighted by atomic mass is 79.9. The number of benzene rings is 2. The summed E-state index contributed by atoms with van der Waals surface area (Å²) < 4.78 is 6.68. The molecule has 1 N–H and O–H groups in total. The summed E-state index contributed by atoms with van der Waals surface area (Å²) in [7, 11) is 0. The lowest BCUT2D eigenvalue weighted by Gasteiger charge is -2.10. The van der Waals surface area contributed by atoms with Crippen LogP contribution in [0.15, 0.2) is 46.9 Å². The summed E-state index contributed by atoms with van der Waals surface area (Å²) in [6.45, 7) is 4.97. The number of hydrogen-bond donors (Lipinski definition) is 1. The molecule has 2 rings (SSSR count). The van der Waals surface area contributed by atoms with E-state index in [1.54, 1.807) is 0 Å². The molecule has 0 atom stereocenters. The number of hydrogen-bond acceptors (Lipinski definition) is 2.